The summed E-state index contributed by atoms with van der Waals surface area (Å²) in [6.07, 6.45) is 2.31. The van der Waals surface area contributed by atoms with Gasteiger partial charge < -0.3 is 9.64 Å². The highest BCUT2D eigenvalue weighted by atomic mass is 127. The molecule has 1 atom stereocenters. The summed E-state index contributed by atoms with van der Waals surface area (Å²) in [6, 6.07) is 5.44. The zero-order valence-electron chi connectivity index (χ0n) is 10.9. The lowest BCUT2D eigenvalue weighted by Gasteiger charge is -2.24. The molecule has 0 N–H and O–H groups in total. The van der Waals surface area contributed by atoms with Crippen molar-refractivity contribution in [2.75, 3.05) is 19.7 Å². The van der Waals surface area contributed by atoms with E-state index in [9.17, 15) is 4.79 Å². The molecule has 0 radical (unpaired) electrons. The number of hydrogen-bond donors (Lipinski definition) is 0. The molecule has 19 heavy (non-hydrogen) atoms. The number of hydrogen-bond acceptors (Lipinski definition) is 2. The van der Waals surface area contributed by atoms with E-state index in [1.807, 2.05) is 24.0 Å². The van der Waals surface area contributed by atoms with E-state index in [2.05, 4.69) is 22.6 Å². The van der Waals surface area contributed by atoms with Crippen molar-refractivity contribution in [1.29, 1.82) is 0 Å². The molecule has 0 spiro atoms. The smallest absolute Gasteiger partial charge is 0.253 e. The van der Waals surface area contributed by atoms with Gasteiger partial charge in [0.2, 0.25) is 0 Å². The van der Waals surface area contributed by atoms with Crippen molar-refractivity contribution in [2.45, 2.75) is 25.9 Å². The van der Waals surface area contributed by atoms with Crippen LogP contribution in [-0.4, -0.2) is 36.6 Å². The molecule has 5 heteroatoms. The molecule has 0 saturated carbocycles. The van der Waals surface area contributed by atoms with E-state index in [0.717, 1.165) is 23.0 Å². The lowest BCUT2D eigenvalue weighted by atomic mass is 10.1. The SMILES string of the molecule is CCN(CC1CCCO1)C(=O)c1ccc(I)c(Cl)c1. The lowest BCUT2D eigenvalue weighted by molar-refractivity contribution is 0.0539. The molecule has 1 aliphatic rings. The monoisotopic (exact) mass is 393 g/mol. The van der Waals surface area contributed by atoms with Crippen LogP contribution in [0, 0.1) is 3.57 Å². The number of carbonyl (C=O) groups excluding carboxylic acids is 1. The summed E-state index contributed by atoms with van der Waals surface area (Å²) in [4.78, 5) is 14.3. The first-order valence-electron chi connectivity index (χ1n) is 6.47. The topological polar surface area (TPSA) is 29.5 Å². The highest BCUT2D eigenvalue weighted by molar-refractivity contribution is 14.1. The minimum Gasteiger partial charge on any atom is -0.376 e. The molecule has 0 aromatic heterocycles. The predicted molar refractivity (Wildman–Crippen MR) is 84.7 cm³/mol. The molecule has 1 aromatic carbocycles. The number of carbonyl (C=O) groups is 1. The number of amides is 1. The molecule has 2 rings (SSSR count). The molecule has 1 aromatic rings. The van der Waals surface area contributed by atoms with E-state index in [1.165, 1.54) is 0 Å². The van der Waals surface area contributed by atoms with Crippen LogP contribution in [0.5, 0.6) is 0 Å². The summed E-state index contributed by atoms with van der Waals surface area (Å²) in [5.74, 6) is 0.0244. The zero-order valence-corrected chi connectivity index (χ0v) is 13.8. The highest BCUT2D eigenvalue weighted by Crippen LogP contribution is 2.21. The molecular weight excluding hydrogens is 377 g/mol. The molecule has 1 aliphatic heterocycles. The highest BCUT2D eigenvalue weighted by Gasteiger charge is 2.22. The van der Waals surface area contributed by atoms with Gasteiger partial charge in [0.15, 0.2) is 0 Å². The Kier molecular flexibility index (Phi) is 5.47. The van der Waals surface area contributed by atoms with E-state index in [-0.39, 0.29) is 12.0 Å². The van der Waals surface area contributed by atoms with Crippen molar-refractivity contribution >= 4 is 40.1 Å². The number of ether oxygens (including phenoxy) is 1. The van der Waals surface area contributed by atoms with Gasteiger partial charge in [0, 0.05) is 28.8 Å². The van der Waals surface area contributed by atoms with Gasteiger partial charge in [0.05, 0.1) is 11.1 Å². The third-order valence-corrected chi connectivity index (χ3v) is 4.86. The summed E-state index contributed by atoms with van der Waals surface area (Å²) in [6.45, 7) is 4.15. The molecular formula is C14H17ClINO2. The van der Waals surface area contributed by atoms with Gasteiger partial charge in [-0.2, -0.15) is 0 Å². The largest absolute Gasteiger partial charge is 0.376 e. The van der Waals surface area contributed by atoms with E-state index in [1.54, 1.807) is 6.07 Å². The maximum Gasteiger partial charge on any atom is 0.253 e. The van der Waals surface area contributed by atoms with Crippen molar-refractivity contribution < 1.29 is 9.53 Å². The Balaban J connectivity index is 2.08. The van der Waals surface area contributed by atoms with Crippen molar-refractivity contribution in [2.24, 2.45) is 0 Å². The molecule has 3 nitrogen and oxygen atoms in total. The van der Waals surface area contributed by atoms with Crippen LogP contribution in [0.3, 0.4) is 0 Å². The molecule has 104 valence electrons. The number of rotatable bonds is 4. The summed E-state index contributed by atoms with van der Waals surface area (Å²) < 4.78 is 6.55. The lowest BCUT2D eigenvalue weighted by Crippen LogP contribution is -2.37. The van der Waals surface area contributed by atoms with E-state index >= 15 is 0 Å². The van der Waals surface area contributed by atoms with Crippen LogP contribution in [0.15, 0.2) is 18.2 Å². The Labute approximate surface area is 132 Å². The van der Waals surface area contributed by atoms with Gasteiger partial charge in [-0.3, -0.25) is 4.79 Å². The van der Waals surface area contributed by atoms with Gasteiger partial charge in [-0.1, -0.05) is 11.6 Å². The Bertz CT molecular complexity index is 461. The second-order valence-corrected chi connectivity index (χ2v) is 6.18. The maximum atomic E-state index is 12.4. The Morgan fingerprint density at radius 1 is 1.58 bits per heavy atom. The first kappa shape index (κ1) is 15.1. The number of nitrogens with zero attached hydrogens (tertiary/aromatic N) is 1. The van der Waals surface area contributed by atoms with Crippen molar-refractivity contribution in [3.63, 3.8) is 0 Å². The average Bonchev–Trinajstić information content (AvgIpc) is 2.91. The summed E-state index contributed by atoms with van der Waals surface area (Å²) >= 11 is 8.23. The van der Waals surface area contributed by atoms with Gasteiger partial charge >= 0.3 is 0 Å². The fourth-order valence-electron chi connectivity index (χ4n) is 2.20. The van der Waals surface area contributed by atoms with Crippen LogP contribution >= 0.6 is 34.2 Å². The third kappa shape index (κ3) is 3.83. The molecule has 1 fully saturated rings. The fraction of sp³-hybridized carbons (Fsp3) is 0.500. The number of benzene rings is 1. The van der Waals surface area contributed by atoms with Crippen molar-refractivity contribution in [3.8, 4) is 0 Å². The predicted octanol–water partition coefficient (Wildman–Crippen LogP) is 3.59. The summed E-state index contributed by atoms with van der Waals surface area (Å²) in [5.41, 5.74) is 0.644. The minimum absolute atomic E-state index is 0.0244. The Hall–Kier alpha value is -0.330. The fourth-order valence-corrected chi connectivity index (χ4v) is 2.72. The minimum atomic E-state index is 0.0244. The van der Waals surface area contributed by atoms with E-state index in [0.29, 0.717) is 23.7 Å². The quantitative estimate of drug-likeness (QED) is 0.732. The van der Waals surface area contributed by atoms with Crippen LogP contribution in [0.4, 0.5) is 0 Å². The van der Waals surface area contributed by atoms with Gasteiger partial charge in [-0.15, -0.1) is 0 Å². The molecule has 0 aliphatic carbocycles. The second kappa shape index (κ2) is 6.90. The standard InChI is InChI=1S/C14H17ClINO2/c1-2-17(9-11-4-3-7-19-11)14(18)10-5-6-13(16)12(15)8-10/h5-6,8,11H,2-4,7,9H2,1H3. The van der Waals surface area contributed by atoms with Gasteiger partial charge in [0.25, 0.3) is 5.91 Å². The van der Waals surface area contributed by atoms with Crippen LogP contribution < -0.4 is 0 Å². The normalized spacial score (nSPS) is 18.6. The van der Waals surface area contributed by atoms with Crippen LogP contribution in [0.1, 0.15) is 30.1 Å². The summed E-state index contributed by atoms with van der Waals surface area (Å²) in [7, 11) is 0. The van der Waals surface area contributed by atoms with Crippen molar-refractivity contribution in [1.82, 2.24) is 4.90 Å². The number of halogens is 2. The number of likely N-dealkylation sites (N-methyl/N-ethyl adjacent to an activating group) is 1. The van der Waals surface area contributed by atoms with E-state index < -0.39 is 0 Å². The van der Waals surface area contributed by atoms with Crippen molar-refractivity contribution in [3.05, 3.63) is 32.4 Å². The molecule has 1 saturated heterocycles. The maximum absolute atomic E-state index is 12.4. The molecule has 1 unspecified atom stereocenters. The molecule has 1 amide bonds. The zero-order chi connectivity index (χ0) is 13.8. The molecule has 1 heterocycles. The van der Waals surface area contributed by atoms with Crippen LogP contribution in [0.2, 0.25) is 5.02 Å². The van der Waals surface area contributed by atoms with Gasteiger partial charge in [-0.05, 0) is 60.6 Å². The second-order valence-electron chi connectivity index (χ2n) is 4.61. The first-order chi connectivity index (χ1) is 9.11. The summed E-state index contributed by atoms with van der Waals surface area (Å²) in [5, 5.41) is 0.625. The Morgan fingerprint density at radius 3 is 2.95 bits per heavy atom. The van der Waals surface area contributed by atoms with Crippen LogP contribution in [0.25, 0.3) is 0 Å². The Morgan fingerprint density at radius 2 is 2.37 bits per heavy atom. The average molecular weight is 394 g/mol. The van der Waals surface area contributed by atoms with Gasteiger partial charge in [-0.25, -0.2) is 0 Å². The first-order valence-corrected chi connectivity index (χ1v) is 7.93. The van der Waals surface area contributed by atoms with Gasteiger partial charge in [0.1, 0.15) is 0 Å². The van der Waals surface area contributed by atoms with Crippen LogP contribution in [-0.2, 0) is 4.74 Å². The molecule has 0 bridgehead atoms. The third-order valence-electron chi connectivity index (χ3n) is 3.28. The van der Waals surface area contributed by atoms with E-state index in [4.69, 9.17) is 16.3 Å².